The van der Waals surface area contributed by atoms with Gasteiger partial charge in [0.2, 0.25) is 0 Å². The monoisotopic (exact) mass is 254 g/mol. The van der Waals surface area contributed by atoms with Crippen molar-refractivity contribution in [1.29, 1.82) is 0 Å². The summed E-state index contributed by atoms with van der Waals surface area (Å²) in [6, 6.07) is 0. The Labute approximate surface area is 113 Å². The molecule has 0 atom stereocenters. The zero-order valence-corrected chi connectivity index (χ0v) is 12.5. The van der Waals surface area contributed by atoms with E-state index in [0.29, 0.717) is 0 Å². The molecule has 0 aromatic rings. The molecule has 0 aromatic heterocycles. The minimum atomic E-state index is 0.968. The van der Waals surface area contributed by atoms with Crippen molar-refractivity contribution in [1.82, 2.24) is 0 Å². The fraction of sp³-hybridized carbons (Fsp3) is 0.875. The van der Waals surface area contributed by atoms with Crippen LogP contribution in [-0.4, -0.2) is 12.0 Å². The van der Waals surface area contributed by atoms with Gasteiger partial charge in [0.05, 0.1) is 0 Å². The molecular weight excluding hydrogens is 224 g/mol. The van der Waals surface area contributed by atoms with Crippen LogP contribution in [0.15, 0.2) is 0 Å². The van der Waals surface area contributed by atoms with Gasteiger partial charge >= 0.3 is 0 Å². The predicted molar refractivity (Wildman–Crippen MR) is 82.6 cm³/mol. The first-order valence-electron chi connectivity index (χ1n) is 7.34. The summed E-state index contributed by atoms with van der Waals surface area (Å²) >= 11 is 1.97. The minimum Gasteiger partial charge on any atom is -0.165 e. The smallest absolute Gasteiger partial charge is 0.00860 e. The van der Waals surface area contributed by atoms with Crippen LogP contribution in [-0.2, 0) is 0 Å². The summed E-state index contributed by atoms with van der Waals surface area (Å²) < 4.78 is 0. The van der Waals surface area contributed by atoms with Crippen LogP contribution < -0.4 is 0 Å². The largest absolute Gasteiger partial charge is 0.165 e. The van der Waals surface area contributed by atoms with E-state index >= 15 is 0 Å². The molecule has 0 aliphatic heterocycles. The Bertz CT molecular complexity index is 169. The van der Waals surface area contributed by atoms with Crippen molar-refractivity contribution in [2.75, 3.05) is 12.0 Å². The maximum absolute atomic E-state index is 5.22. The Hall–Kier alpha value is -0.0900. The molecule has 0 saturated carbocycles. The number of thioether (sulfide) groups is 1. The van der Waals surface area contributed by atoms with Crippen molar-refractivity contribution in [3.8, 4) is 12.3 Å². The molecule has 0 bridgehead atoms. The van der Waals surface area contributed by atoms with Gasteiger partial charge in [-0.3, -0.25) is 0 Å². The molecule has 0 fully saturated rings. The molecule has 0 nitrogen and oxygen atoms in total. The van der Waals surface area contributed by atoms with Gasteiger partial charge in [-0.1, -0.05) is 57.8 Å². The first-order chi connectivity index (χ1) is 8.41. The Balaban J connectivity index is 2.87. The number of hydrogen-bond donors (Lipinski definition) is 0. The van der Waals surface area contributed by atoms with Gasteiger partial charge in [-0.25, -0.2) is 0 Å². The Morgan fingerprint density at radius 3 is 1.53 bits per heavy atom. The minimum absolute atomic E-state index is 0.968. The van der Waals surface area contributed by atoms with Gasteiger partial charge in [0, 0.05) is 6.42 Å². The van der Waals surface area contributed by atoms with E-state index in [1.165, 1.54) is 76.4 Å². The van der Waals surface area contributed by atoms with Gasteiger partial charge in [-0.15, -0.1) is 12.3 Å². The van der Waals surface area contributed by atoms with Crippen molar-refractivity contribution < 1.29 is 0 Å². The summed E-state index contributed by atoms with van der Waals surface area (Å²) in [6.07, 6.45) is 23.8. The third kappa shape index (κ3) is 15.9. The number of unbranched alkanes of at least 4 members (excludes halogenated alkanes) is 11. The van der Waals surface area contributed by atoms with Crippen LogP contribution in [0.2, 0.25) is 0 Å². The van der Waals surface area contributed by atoms with E-state index in [4.69, 9.17) is 6.42 Å². The first kappa shape index (κ1) is 16.9. The molecule has 0 radical (unpaired) electrons. The van der Waals surface area contributed by atoms with Crippen molar-refractivity contribution in [2.45, 2.75) is 77.0 Å². The molecule has 17 heavy (non-hydrogen) atoms. The topological polar surface area (TPSA) is 0 Å². The molecule has 0 aliphatic carbocycles. The molecule has 0 N–H and O–H groups in total. The fourth-order valence-electron chi connectivity index (χ4n) is 2.06. The van der Waals surface area contributed by atoms with Crippen molar-refractivity contribution in [2.24, 2.45) is 0 Å². The third-order valence-electron chi connectivity index (χ3n) is 3.17. The van der Waals surface area contributed by atoms with E-state index in [1.54, 1.807) is 0 Å². The normalized spacial score (nSPS) is 10.4. The van der Waals surface area contributed by atoms with Gasteiger partial charge in [0.1, 0.15) is 0 Å². The predicted octanol–water partition coefficient (Wildman–Crippen LogP) is 5.66. The van der Waals surface area contributed by atoms with Crippen LogP contribution in [0.5, 0.6) is 0 Å². The second-order valence-corrected chi connectivity index (χ2v) is 5.82. The molecule has 0 saturated heterocycles. The summed E-state index contributed by atoms with van der Waals surface area (Å²) in [5.41, 5.74) is 0. The summed E-state index contributed by atoms with van der Waals surface area (Å²) in [6.45, 7) is 0. The van der Waals surface area contributed by atoms with Crippen LogP contribution >= 0.6 is 11.8 Å². The SMILES string of the molecule is C#CCCCCCCCCCCCCCSC. The zero-order chi connectivity index (χ0) is 12.6. The maximum Gasteiger partial charge on any atom is 0.00860 e. The standard InChI is InChI=1S/C16H30S/c1-3-4-5-6-7-8-9-10-11-12-13-14-15-16-17-2/h1H,4-16H2,2H3. The van der Waals surface area contributed by atoms with Crippen molar-refractivity contribution in [3.05, 3.63) is 0 Å². The van der Waals surface area contributed by atoms with Crippen molar-refractivity contribution >= 4 is 11.8 Å². The summed E-state index contributed by atoms with van der Waals surface area (Å²) in [7, 11) is 0. The van der Waals surface area contributed by atoms with Crippen LogP contribution in [0.3, 0.4) is 0 Å². The zero-order valence-electron chi connectivity index (χ0n) is 11.7. The maximum atomic E-state index is 5.22. The summed E-state index contributed by atoms with van der Waals surface area (Å²) in [5.74, 6) is 4.05. The highest BCUT2D eigenvalue weighted by Gasteiger charge is 1.93. The molecule has 0 amide bonds. The molecule has 0 aliphatic rings. The second-order valence-electron chi connectivity index (χ2n) is 4.84. The average Bonchev–Trinajstić information content (AvgIpc) is 2.35. The lowest BCUT2D eigenvalue weighted by Gasteiger charge is -2.02. The van der Waals surface area contributed by atoms with Gasteiger partial charge in [-0.2, -0.15) is 11.8 Å². The molecule has 100 valence electrons. The lowest BCUT2D eigenvalue weighted by Crippen LogP contribution is -1.83. The molecule has 0 aromatic carbocycles. The van der Waals surface area contributed by atoms with Crippen molar-refractivity contribution in [3.63, 3.8) is 0 Å². The highest BCUT2D eigenvalue weighted by atomic mass is 32.2. The summed E-state index contributed by atoms with van der Waals surface area (Å²) in [4.78, 5) is 0. The summed E-state index contributed by atoms with van der Waals surface area (Å²) in [5, 5.41) is 0. The van der Waals surface area contributed by atoms with E-state index in [9.17, 15) is 0 Å². The Morgan fingerprint density at radius 1 is 0.706 bits per heavy atom. The van der Waals surface area contributed by atoms with E-state index in [-0.39, 0.29) is 0 Å². The fourth-order valence-corrected chi connectivity index (χ4v) is 2.56. The first-order valence-corrected chi connectivity index (χ1v) is 8.73. The molecule has 1 heteroatoms. The van der Waals surface area contributed by atoms with Crippen LogP contribution in [0.4, 0.5) is 0 Å². The number of hydrogen-bond acceptors (Lipinski definition) is 1. The van der Waals surface area contributed by atoms with E-state index < -0.39 is 0 Å². The lowest BCUT2D eigenvalue weighted by atomic mass is 10.1. The Kier molecular flexibility index (Phi) is 15.8. The quantitative estimate of drug-likeness (QED) is 0.302. The van der Waals surface area contributed by atoms with E-state index in [2.05, 4.69) is 12.2 Å². The van der Waals surface area contributed by atoms with Gasteiger partial charge < -0.3 is 0 Å². The number of terminal acetylenes is 1. The molecular formula is C16H30S. The molecule has 0 heterocycles. The second kappa shape index (κ2) is 15.9. The highest BCUT2D eigenvalue weighted by molar-refractivity contribution is 7.98. The van der Waals surface area contributed by atoms with E-state index in [0.717, 1.165) is 6.42 Å². The lowest BCUT2D eigenvalue weighted by molar-refractivity contribution is 0.552. The van der Waals surface area contributed by atoms with Gasteiger partial charge in [0.15, 0.2) is 0 Å². The average molecular weight is 254 g/mol. The van der Waals surface area contributed by atoms with Crippen LogP contribution in [0.25, 0.3) is 0 Å². The molecule has 0 unspecified atom stereocenters. The third-order valence-corrected chi connectivity index (χ3v) is 3.87. The Morgan fingerprint density at radius 2 is 1.12 bits per heavy atom. The van der Waals surface area contributed by atoms with Crippen LogP contribution in [0.1, 0.15) is 77.0 Å². The molecule has 0 rings (SSSR count). The van der Waals surface area contributed by atoms with E-state index in [1.807, 2.05) is 11.8 Å². The highest BCUT2D eigenvalue weighted by Crippen LogP contribution is 2.12. The van der Waals surface area contributed by atoms with Crippen LogP contribution in [0, 0.1) is 12.3 Å². The molecule has 0 spiro atoms. The van der Waals surface area contributed by atoms with Gasteiger partial charge in [-0.05, 0) is 24.9 Å². The number of rotatable bonds is 13. The van der Waals surface area contributed by atoms with Gasteiger partial charge in [0.25, 0.3) is 0 Å².